The van der Waals surface area contributed by atoms with Gasteiger partial charge in [0.25, 0.3) is 11.5 Å². The number of rotatable bonds is 7. The van der Waals surface area contributed by atoms with Crippen molar-refractivity contribution in [2.24, 2.45) is 5.92 Å². The number of nitriles is 1. The first-order valence-electron chi connectivity index (χ1n) is 11.1. The molecule has 0 unspecified atom stereocenters. The molecule has 10 heteroatoms. The average molecular weight is 489 g/mol. The van der Waals surface area contributed by atoms with Crippen molar-refractivity contribution in [1.82, 2.24) is 9.47 Å². The molecule has 1 aromatic rings. The normalized spacial score (nSPS) is 18.3. The Morgan fingerprint density at radius 1 is 1.30 bits per heavy atom. The Kier molecular flexibility index (Phi) is 7.97. The van der Waals surface area contributed by atoms with Gasteiger partial charge in [-0.25, -0.2) is 0 Å². The summed E-state index contributed by atoms with van der Waals surface area (Å²) in [5.74, 6) is -0.0199. The summed E-state index contributed by atoms with van der Waals surface area (Å²) in [6.45, 7) is 7.98. The van der Waals surface area contributed by atoms with Crippen LogP contribution in [0.3, 0.4) is 0 Å². The van der Waals surface area contributed by atoms with Gasteiger partial charge in [0, 0.05) is 31.7 Å². The first-order valence-corrected chi connectivity index (χ1v) is 12.3. The van der Waals surface area contributed by atoms with Gasteiger partial charge < -0.3 is 10.0 Å². The lowest BCUT2D eigenvalue weighted by Crippen LogP contribution is -2.39. The van der Waals surface area contributed by atoms with Gasteiger partial charge in [-0.3, -0.25) is 23.9 Å². The van der Waals surface area contributed by atoms with E-state index in [2.05, 4.69) is 17.9 Å². The highest BCUT2D eigenvalue weighted by atomic mass is 32.2. The molecule has 0 radical (unpaired) electrons. The third-order valence-corrected chi connectivity index (χ3v) is 7.45. The smallest absolute Gasteiger partial charge is 0.305 e. The van der Waals surface area contributed by atoms with Crippen LogP contribution in [0.1, 0.15) is 56.2 Å². The third kappa shape index (κ3) is 5.14. The number of aliphatic carboxylic acids is 1. The summed E-state index contributed by atoms with van der Waals surface area (Å²) in [5, 5.41) is 18.7. The number of nitrogens with zero attached hydrogens (tertiary/aromatic N) is 4. The zero-order valence-corrected chi connectivity index (χ0v) is 20.7. The van der Waals surface area contributed by atoms with E-state index < -0.39 is 5.97 Å². The van der Waals surface area contributed by atoms with Crippen LogP contribution in [-0.2, 0) is 16.1 Å². The number of thiocarbonyl (C=S) groups is 1. The van der Waals surface area contributed by atoms with Gasteiger partial charge >= 0.3 is 5.97 Å². The number of amides is 1. The second-order valence-electron chi connectivity index (χ2n) is 8.45. The fraction of sp³-hybridized carbons (Fsp3) is 0.522. The Labute approximate surface area is 202 Å². The number of thioether (sulfide) groups is 1. The van der Waals surface area contributed by atoms with Gasteiger partial charge in [-0.2, -0.15) is 5.26 Å². The van der Waals surface area contributed by atoms with Crippen molar-refractivity contribution in [3.05, 3.63) is 31.9 Å². The van der Waals surface area contributed by atoms with Crippen LogP contribution in [0.4, 0.5) is 5.82 Å². The fourth-order valence-corrected chi connectivity index (χ4v) is 5.46. The van der Waals surface area contributed by atoms with Crippen molar-refractivity contribution in [3.63, 3.8) is 0 Å². The molecular formula is C23H28N4O4S2. The Hall–Kier alpha value is -2.64. The van der Waals surface area contributed by atoms with Crippen molar-refractivity contribution in [1.29, 1.82) is 5.26 Å². The minimum absolute atomic E-state index is 0.00592. The highest BCUT2D eigenvalue weighted by molar-refractivity contribution is 8.26. The van der Waals surface area contributed by atoms with Crippen LogP contribution in [0.2, 0.25) is 0 Å². The SMILES string of the molecule is CCCn1c(N2CCC(C)CC2)c(C=C2SC(=S)N(CCC(=O)O)C2=O)c(C)c(C#N)c1=O. The van der Waals surface area contributed by atoms with Crippen molar-refractivity contribution >= 4 is 52.1 Å². The van der Waals surface area contributed by atoms with Gasteiger partial charge in [-0.05, 0) is 43.7 Å². The molecule has 1 aromatic heterocycles. The van der Waals surface area contributed by atoms with Gasteiger partial charge in [-0.15, -0.1) is 0 Å². The van der Waals surface area contributed by atoms with Crippen LogP contribution >= 0.6 is 24.0 Å². The Morgan fingerprint density at radius 3 is 2.55 bits per heavy atom. The third-order valence-electron chi connectivity index (χ3n) is 6.08. The van der Waals surface area contributed by atoms with E-state index in [0.29, 0.717) is 32.8 Å². The lowest BCUT2D eigenvalue weighted by atomic mass is 9.97. The van der Waals surface area contributed by atoms with Crippen LogP contribution in [0.5, 0.6) is 0 Å². The zero-order valence-electron chi connectivity index (χ0n) is 19.1. The van der Waals surface area contributed by atoms with Gasteiger partial charge in [0.05, 0.1) is 11.3 Å². The molecule has 0 aliphatic carbocycles. The molecule has 176 valence electrons. The zero-order chi connectivity index (χ0) is 24.3. The molecule has 33 heavy (non-hydrogen) atoms. The summed E-state index contributed by atoms with van der Waals surface area (Å²) < 4.78 is 1.97. The molecule has 1 N–H and O–H groups in total. The molecule has 2 saturated heterocycles. The quantitative estimate of drug-likeness (QED) is 0.460. The van der Waals surface area contributed by atoms with Crippen LogP contribution < -0.4 is 10.5 Å². The highest BCUT2D eigenvalue weighted by Gasteiger charge is 2.33. The molecule has 8 nitrogen and oxygen atoms in total. The highest BCUT2D eigenvalue weighted by Crippen LogP contribution is 2.36. The molecule has 0 bridgehead atoms. The lowest BCUT2D eigenvalue weighted by molar-refractivity contribution is -0.137. The summed E-state index contributed by atoms with van der Waals surface area (Å²) in [5.41, 5.74) is 0.981. The van der Waals surface area contributed by atoms with Gasteiger partial charge in [0.1, 0.15) is 21.8 Å². The first kappa shape index (κ1) is 25.0. The lowest BCUT2D eigenvalue weighted by Gasteiger charge is -2.35. The Balaban J connectivity index is 2.16. The second-order valence-corrected chi connectivity index (χ2v) is 10.1. The monoisotopic (exact) mass is 488 g/mol. The first-order chi connectivity index (χ1) is 15.7. The van der Waals surface area contributed by atoms with Gasteiger partial charge in [0.2, 0.25) is 0 Å². The van der Waals surface area contributed by atoms with E-state index in [0.717, 1.165) is 49.9 Å². The maximum atomic E-state index is 13.2. The fourth-order valence-electron chi connectivity index (χ4n) is 4.17. The van der Waals surface area contributed by atoms with E-state index in [4.69, 9.17) is 17.3 Å². The Bertz CT molecular complexity index is 1110. The minimum atomic E-state index is -1.00. The number of hydrogen-bond acceptors (Lipinski definition) is 7. The number of aromatic nitrogens is 1. The molecule has 2 fully saturated rings. The molecule has 3 rings (SSSR count). The molecule has 0 spiro atoms. The summed E-state index contributed by atoms with van der Waals surface area (Å²) in [6, 6.07) is 2.05. The summed E-state index contributed by atoms with van der Waals surface area (Å²) in [4.78, 5) is 41.0. The van der Waals surface area contributed by atoms with Crippen molar-refractivity contribution in [3.8, 4) is 6.07 Å². The standard InChI is InChI=1S/C23H28N4O4S2/c1-4-8-26-20(25-9-5-14(2)6-10-25)16(15(3)17(13-24)21(26)30)12-18-22(31)27(23(32)33-18)11-7-19(28)29/h12,14H,4-11H2,1-3H3,(H,28,29). The van der Waals surface area contributed by atoms with E-state index >= 15 is 0 Å². The van der Waals surface area contributed by atoms with E-state index in [1.165, 1.54) is 4.90 Å². The maximum Gasteiger partial charge on any atom is 0.305 e. The molecule has 1 amide bonds. The van der Waals surface area contributed by atoms with Crippen LogP contribution in [0.15, 0.2) is 9.70 Å². The number of carboxylic acid groups (broad SMARTS) is 1. The molecule has 3 heterocycles. The minimum Gasteiger partial charge on any atom is -0.481 e. The predicted molar refractivity (Wildman–Crippen MR) is 133 cm³/mol. The summed E-state index contributed by atoms with van der Waals surface area (Å²) in [6.07, 6.45) is 4.24. The molecule has 0 aromatic carbocycles. The summed E-state index contributed by atoms with van der Waals surface area (Å²) in [7, 11) is 0. The molecular weight excluding hydrogens is 460 g/mol. The number of carbonyl (C=O) groups excluding carboxylic acids is 1. The van der Waals surface area contributed by atoms with Crippen molar-refractivity contribution < 1.29 is 14.7 Å². The number of pyridine rings is 1. The van der Waals surface area contributed by atoms with E-state index in [-0.39, 0.29) is 30.0 Å². The Morgan fingerprint density at radius 2 is 1.97 bits per heavy atom. The van der Waals surface area contributed by atoms with Crippen molar-refractivity contribution in [2.75, 3.05) is 24.5 Å². The van der Waals surface area contributed by atoms with E-state index in [1.54, 1.807) is 17.6 Å². The number of carbonyl (C=O) groups is 2. The predicted octanol–water partition coefficient (Wildman–Crippen LogP) is 3.35. The number of carboxylic acids is 1. The summed E-state index contributed by atoms with van der Waals surface area (Å²) >= 11 is 6.44. The second kappa shape index (κ2) is 10.5. The number of hydrogen-bond donors (Lipinski definition) is 1. The van der Waals surface area contributed by atoms with Crippen LogP contribution in [-0.4, -0.2) is 50.4 Å². The maximum absolute atomic E-state index is 13.2. The molecule has 2 aliphatic heterocycles. The van der Waals surface area contributed by atoms with Crippen LogP contribution in [0.25, 0.3) is 6.08 Å². The van der Waals surface area contributed by atoms with Crippen LogP contribution in [0, 0.1) is 24.2 Å². The number of piperidine rings is 1. The van der Waals surface area contributed by atoms with Gasteiger partial charge in [0.15, 0.2) is 0 Å². The van der Waals surface area contributed by atoms with Gasteiger partial charge in [-0.1, -0.05) is 37.8 Å². The topological polar surface area (TPSA) is 107 Å². The van der Waals surface area contributed by atoms with E-state index in [9.17, 15) is 19.6 Å². The molecule has 0 saturated carbocycles. The van der Waals surface area contributed by atoms with Crippen molar-refractivity contribution in [2.45, 2.75) is 53.0 Å². The average Bonchev–Trinajstić information content (AvgIpc) is 3.03. The molecule has 2 aliphatic rings. The molecule has 0 atom stereocenters. The number of anilines is 1. The van der Waals surface area contributed by atoms with E-state index in [1.807, 2.05) is 6.92 Å². The largest absolute Gasteiger partial charge is 0.481 e.